The maximum Gasteiger partial charge on any atom is 0.327 e. The predicted octanol–water partition coefficient (Wildman–Crippen LogP) is 1.33. The summed E-state index contributed by atoms with van der Waals surface area (Å²) in [7, 11) is 0. The topological polar surface area (TPSA) is 103 Å². The van der Waals surface area contributed by atoms with Crippen molar-refractivity contribution in [3.05, 3.63) is 23.9 Å². The molecule has 7 nitrogen and oxygen atoms in total. The molecule has 0 aromatic heterocycles. The summed E-state index contributed by atoms with van der Waals surface area (Å²) in [5.74, 6) is -0.940. The number of carbonyl (C=O) groups excluding carboxylic acids is 1. The van der Waals surface area contributed by atoms with Crippen LogP contribution in [0, 0.1) is 11.3 Å². The molecule has 1 amide bonds. The number of hydrogen-bond donors (Lipinski definition) is 2. The van der Waals surface area contributed by atoms with Crippen molar-refractivity contribution in [2.45, 2.75) is 33.2 Å². The molecule has 0 saturated carbocycles. The van der Waals surface area contributed by atoms with Gasteiger partial charge < -0.3 is 10.4 Å². The Hall–Kier alpha value is -2.57. The van der Waals surface area contributed by atoms with E-state index in [-0.39, 0.29) is 23.4 Å². The van der Waals surface area contributed by atoms with Gasteiger partial charge >= 0.3 is 5.97 Å². The highest BCUT2D eigenvalue weighted by atomic mass is 16.4. The Morgan fingerprint density at radius 1 is 1.35 bits per heavy atom. The van der Waals surface area contributed by atoms with Crippen LogP contribution in [0.5, 0.6) is 0 Å². The van der Waals surface area contributed by atoms with Gasteiger partial charge in [-0.1, -0.05) is 26.0 Å². The number of nitrogens with zero attached hydrogens (tertiary/aromatic N) is 3. The second-order valence-corrected chi connectivity index (χ2v) is 6.36. The van der Waals surface area contributed by atoms with Crippen molar-refractivity contribution in [1.82, 2.24) is 5.32 Å². The number of aliphatic carboxylic acids is 1. The van der Waals surface area contributed by atoms with E-state index in [9.17, 15) is 14.7 Å². The van der Waals surface area contributed by atoms with Crippen LogP contribution in [0.1, 0.15) is 27.7 Å². The van der Waals surface area contributed by atoms with Gasteiger partial charge in [-0.15, -0.1) is 0 Å². The van der Waals surface area contributed by atoms with Crippen molar-refractivity contribution in [3.63, 3.8) is 0 Å². The van der Waals surface area contributed by atoms with Crippen molar-refractivity contribution >= 4 is 29.3 Å². The first kappa shape index (κ1) is 15.3. The van der Waals surface area contributed by atoms with Crippen LogP contribution in [0.25, 0.3) is 0 Å². The van der Waals surface area contributed by atoms with Crippen LogP contribution in [-0.4, -0.2) is 39.9 Å². The number of allylic oxidation sites excluding steroid dienone is 3. The summed E-state index contributed by atoms with van der Waals surface area (Å²) < 4.78 is 0. The Balaban J connectivity index is 2.18. The lowest BCUT2D eigenvalue weighted by molar-refractivity contribution is -0.140. The number of carboxylic acids is 1. The van der Waals surface area contributed by atoms with Gasteiger partial charge in [-0.3, -0.25) is 14.6 Å². The van der Waals surface area contributed by atoms with Gasteiger partial charge in [-0.25, -0.2) is 9.98 Å². The summed E-state index contributed by atoms with van der Waals surface area (Å²) in [6, 6.07) is 0. The van der Waals surface area contributed by atoms with Crippen molar-refractivity contribution in [1.29, 1.82) is 0 Å². The molecule has 7 heteroatoms. The molecule has 0 radical (unpaired) electrons. The Morgan fingerprint density at radius 3 is 2.61 bits per heavy atom. The van der Waals surface area contributed by atoms with Crippen LogP contribution in [0.2, 0.25) is 0 Å². The maximum absolute atomic E-state index is 12.4. The Labute approximate surface area is 133 Å². The van der Waals surface area contributed by atoms with Gasteiger partial charge in [0.2, 0.25) is 0 Å². The van der Waals surface area contributed by atoms with Crippen LogP contribution < -0.4 is 5.32 Å². The number of aliphatic imine (C=N–C) groups is 3. The first-order chi connectivity index (χ1) is 10.7. The monoisotopic (exact) mass is 314 g/mol. The number of amidine groups is 2. The molecular weight excluding hydrogens is 296 g/mol. The molecule has 2 heterocycles. The molecule has 1 aliphatic carbocycles. The highest BCUT2D eigenvalue weighted by Crippen LogP contribution is 2.38. The van der Waals surface area contributed by atoms with Crippen LogP contribution in [0.4, 0.5) is 0 Å². The first-order valence-electron chi connectivity index (χ1n) is 7.41. The molecule has 0 aromatic rings. The number of fused-ring (bicyclic) bond motifs is 1. The molecule has 3 aliphatic rings. The molecule has 2 unspecified atom stereocenters. The number of hydrogen-bond acceptors (Lipinski definition) is 5. The lowest BCUT2D eigenvalue weighted by atomic mass is 9.77. The Kier molecular flexibility index (Phi) is 3.14. The summed E-state index contributed by atoms with van der Waals surface area (Å²) in [5.41, 5.74) is -1.84. The zero-order valence-corrected chi connectivity index (χ0v) is 13.4. The van der Waals surface area contributed by atoms with E-state index in [1.165, 1.54) is 6.08 Å². The summed E-state index contributed by atoms with van der Waals surface area (Å²) >= 11 is 0. The van der Waals surface area contributed by atoms with Crippen LogP contribution in [0.15, 0.2) is 38.9 Å². The van der Waals surface area contributed by atoms with E-state index in [4.69, 9.17) is 0 Å². The SMILES string of the molecule is CC1=NC2=CC=CC(C(=O)O)(C3=NC(C)(C(C)C)C(=O)N3)C2=N1. The normalized spacial score (nSPS) is 32.1. The van der Waals surface area contributed by atoms with E-state index in [0.717, 1.165) is 0 Å². The Bertz CT molecular complexity index is 772. The fourth-order valence-corrected chi connectivity index (χ4v) is 2.83. The Morgan fingerprint density at radius 2 is 2.04 bits per heavy atom. The predicted molar refractivity (Wildman–Crippen MR) is 86.7 cm³/mol. The first-order valence-corrected chi connectivity index (χ1v) is 7.41. The lowest BCUT2D eigenvalue weighted by Crippen LogP contribution is -2.51. The molecular formula is C16H18N4O3. The van der Waals surface area contributed by atoms with Crippen molar-refractivity contribution in [2.75, 3.05) is 0 Å². The molecule has 2 atom stereocenters. The van der Waals surface area contributed by atoms with E-state index in [1.54, 1.807) is 26.0 Å². The van der Waals surface area contributed by atoms with E-state index in [2.05, 4.69) is 20.3 Å². The van der Waals surface area contributed by atoms with Gasteiger partial charge in [-0.05, 0) is 25.8 Å². The third kappa shape index (κ3) is 1.92. The fraction of sp³-hybridized carbons (Fsp3) is 0.438. The van der Waals surface area contributed by atoms with Crippen molar-refractivity contribution in [3.8, 4) is 0 Å². The summed E-state index contributed by atoms with van der Waals surface area (Å²) in [4.78, 5) is 37.5. The molecule has 120 valence electrons. The highest BCUT2D eigenvalue weighted by molar-refractivity contribution is 6.37. The molecule has 3 rings (SSSR count). The van der Waals surface area contributed by atoms with Gasteiger partial charge in [0, 0.05) is 0 Å². The van der Waals surface area contributed by atoms with Crippen molar-refractivity contribution in [2.24, 2.45) is 26.3 Å². The number of amides is 1. The zero-order valence-electron chi connectivity index (χ0n) is 13.4. The van der Waals surface area contributed by atoms with E-state index < -0.39 is 16.9 Å². The third-order valence-electron chi connectivity index (χ3n) is 4.64. The van der Waals surface area contributed by atoms with Gasteiger partial charge in [0.05, 0.1) is 11.4 Å². The number of nitrogens with one attached hydrogen (secondary N) is 1. The van der Waals surface area contributed by atoms with Crippen LogP contribution in [-0.2, 0) is 9.59 Å². The largest absolute Gasteiger partial charge is 0.480 e. The third-order valence-corrected chi connectivity index (χ3v) is 4.64. The smallest absolute Gasteiger partial charge is 0.327 e. The number of carbonyl (C=O) groups is 2. The summed E-state index contributed by atoms with van der Waals surface area (Å²) in [5, 5.41) is 12.6. The van der Waals surface area contributed by atoms with Gasteiger partial charge in [0.15, 0.2) is 5.41 Å². The molecule has 0 fully saturated rings. The molecule has 0 spiro atoms. The van der Waals surface area contributed by atoms with Gasteiger partial charge in [0.1, 0.15) is 17.2 Å². The minimum Gasteiger partial charge on any atom is -0.480 e. The van der Waals surface area contributed by atoms with E-state index >= 15 is 0 Å². The van der Waals surface area contributed by atoms with Gasteiger partial charge in [0.25, 0.3) is 5.91 Å². The van der Waals surface area contributed by atoms with Crippen LogP contribution >= 0.6 is 0 Å². The second-order valence-electron chi connectivity index (χ2n) is 6.36. The average Bonchev–Trinajstić information content (AvgIpc) is 2.99. The molecule has 0 bridgehead atoms. The van der Waals surface area contributed by atoms with Gasteiger partial charge in [-0.2, -0.15) is 0 Å². The quantitative estimate of drug-likeness (QED) is 0.821. The molecule has 0 aromatic carbocycles. The molecule has 0 saturated heterocycles. The number of rotatable bonds is 3. The second kappa shape index (κ2) is 4.71. The average molecular weight is 314 g/mol. The minimum atomic E-state index is -1.62. The van der Waals surface area contributed by atoms with E-state index in [1.807, 2.05) is 13.8 Å². The highest BCUT2D eigenvalue weighted by Gasteiger charge is 2.55. The fourth-order valence-electron chi connectivity index (χ4n) is 2.83. The maximum atomic E-state index is 12.4. The lowest BCUT2D eigenvalue weighted by Gasteiger charge is -2.28. The van der Waals surface area contributed by atoms with Crippen molar-refractivity contribution < 1.29 is 14.7 Å². The summed E-state index contributed by atoms with van der Waals surface area (Å²) in [6.07, 6.45) is 4.82. The molecule has 2 N–H and O–H groups in total. The van der Waals surface area contributed by atoms with Crippen LogP contribution in [0.3, 0.4) is 0 Å². The standard InChI is InChI=1S/C16H18N4O3/c1-8(2)15(4)13(21)19-12(20-15)16(14(22)23)7-5-6-10-11(16)18-9(3)17-10/h5-8H,1-4H3,(H,22,23)(H,19,20,21). The molecule has 23 heavy (non-hydrogen) atoms. The minimum absolute atomic E-state index is 0.0723. The zero-order chi connectivity index (χ0) is 17.0. The molecule has 2 aliphatic heterocycles. The number of carboxylic acid groups (broad SMARTS) is 1. The summed E-state index contributed by atoms with van der Waals surface area (Å²) in [6.45, 7) is 7.16. The van der Waals surface area contributed by atoms with E-state index in [0.29, 0.717) is 11.5 Å².